The molecule has 1 fully saturated rings. The quantitative estimate of drug-likeness (QED) is 0.516. The Hall–Kier alpha value is -0.400. The molecule has 0 radical (unpaired) electrons. The molecule has 0 aromatic heterocycles. The maximum Gasteiger partial charge on any atom is 0.0973 e. The van der Waals surface area contributed by atoms with Crippen LogP contribution in [0.15, 0.2) is 5.18 Å². The molecule has 0 aliphatic heterocycles. The maximum atomic E-state index is 10.3. The molecule has 0 aromatic carbocycles. The first-order chi connectivity index (χ1) is 4.59. The van der Waals surface area contributed by atoms with Crippen LogP contribution in [-0.4, -0.2) is 6.04 Å². The second-order valence-electron chi connectivity index (χ2n) is 3.92. The van der Waals surface area contributed by atoms with Crippen LogP contribution in [0.4, 0.5) is 0 Å². The number of hydrogen-bond donors (Lipinski definition) is 0. The van der Waals surface area contributed by atoms with Crippen LogP contribution in [0.2, 0.25) is 0 Å². The Balaban J connectivity index is 2.73. The predicted octanol–water partition coefficient (Wildman–Crippen LogP) is 2.58. The van der Waals surface area contributed by atoms with Gasteiger partial charge in [0.2, 0.25) is 0 Å². The van der Waals surface area contributed by atoms with Crippen LogP contribution >= 0.6 is 0 Å². The van der Waals surface area contributed by atoms with E-state index in [9.17, 15) is 4.91 Å². The molecule has 10 heavy (non-hydrogen) atoms. The average molecular weight is 141 g/mol. The van der Waals surface area contributed by atoms with Crippen LogP contribution in [0.1, 0.15) is 33.6 Å². The molecular weight excluding hydrogens is 126 g/mol. The van der Waals surface area contributed by atoms with Crippen molar-refractivity contribution in [3.05, 3.63) is 4.91 Å². The predicted molar refractivity (Wildman–Crippen MR) is 41.8 cm³/mol. The van der Waals surface area contributed by atoms with Crippen LogP contribution in [-0.2, 0) is 0 Å². The Morgan fingerprint density at radius 3 is 2.20 bits per heavy atom. The van der Waals surface area contributed by atoms with Gasteiger partial charge in [0.15, 0.2) is 0 Å². The minimum absolute atomic E-state index is 0.0579. The van der Waals surface area contributed by atoms with E-state index in [2.05, 4.69) is 25.9 Å². The van der Waals surface area contributed by atoms with Crippen LogP contribution in [0, 0.1) is 16.2 Å². The number of hydrogen-bond acceptors (Lipinski definition) is 2. The second-order valence-corrected chi connectivity index (χ2v) is 3.92. The van der Waals surface area contributed by atoms with Gasteiger partial charge in [-0.3, -0.25) is 0 Å². The molecule has 0 spiro atoms. The van der Waals surface area contributed by atoms with E-state index in [0.29, 0.717) is 5.92 Å². The Morgan fingerprint density at radius 1 is 1.40 bits per heavy atom. The van der Waals surface area contributed by atoms with Gasteiger partial charge >= 0.3 is 0 Å². The summed E-state index contributed by atoms with van der Waals surface area (Å²) < 4.78 is 0. The highest BCUT2D eigenvalue weighted by Crippen LogP contribution is 2.43. The highest BCUT2D eigenvalue weighted by atomic mass is 16.3. The highest BCUT2D eigenvalue weighted by molar-refractivity contribution is 4.94. The molecule has 2 unspecified atom stereocenters. The van der Waals surface area contributed by atoms with Gasteiger partial charge in [0.25, 0.3) is 0 Å². The van der Waals surface area contributed by atoms with Crippen molar-refractivity contribution in [2.75, 3.05) is 0 Å². The topological polar surface area (TPSA) is 29.4 Å². The molecule has 2 atom stereocenters. The Bertz CT molecular complexity index is 142. The fraction of sp³-hybridized carbons (Fsp3) is 1.00. The lowest BCUT2D eigenvalue weighted by atomic mass is 9.80. The molecule has 1 saturated carbocycles. The molecule has 58 valence electrons. The lowest BCUT2D eigenvalue weighted by Gasteiger charge is -2.26. The number of rotatable bonds is 1. The van der Waals surface area contributed by atoms with Gasteiger partial charge in [0.1, 0.15) is 0 Å². The van der Waals surface area contributed by atoms with Gasteiger partial charge < -0.3 is 0 Å². The van der Waals surface area contributed by atoms with Gasteiger partial charge in [0.05, 0.1) is 6.04 Å². The van der Waals surface area contributed by atoms with Gasteiger partial charge in [-0.05, 0) is 24.2 Å². The van der Waals surface area contributed by atoms with Crippen molar-refractivity contribution < 1.29 is 0 Å². The molecule has 1 rings (SSSR count). The summed E-state index contributed by atoms with van der Waals surface area (Å²) in [5, 5.41) is 3.14. The van der Waals surface area contributed by atoms with Crippen LogP contribution in [0.25, 0.3) is 0 Å². The maximum absolute atomic E-state index is 10.3. The standard InChI is InChI=1S/C8H15NO/c1-6-4-5-7(9-10)8(6,2)3/h6-7H,4-5H2,1-3H3. The second kappa shape index (κ2) is 2.33. The summed E-state index contributed by atoms with van der Waals surface area (Å²) in [6.07, 6.45) is 2.14. The van der Waals surface area contributed by atoms with Gasteiger partial charge in [0, 0.05) is 0 Å². The minimum atomic E-state index is 0.0579. The first kappa shape index (κ1) is 7.70. The Kier molecular flexibility index (Phi) is 1.80. The molecule has 0 amide bonds. The smallest absolute Gasteiger partial charge is 0.0973 e. The number of nitrogens with zero attached hydrogens (tertiary/aromatic N) is 1. The van der Waals surface area contributed by atoms with Crippen molar-refractivity contribution in [3.63, 3.8) is 0 Å². The van der Waals surface area contributed by atoms with E-state index in [1.807, 2.05) is 0 Å². The van der Waals surface area contributed by atoms with E-state index in [0.717, 1.165) is 12.8 Å². The monoisotopic (exact) mass is 141 g/mol. The molecular formula is C8H15NO. The first-order valence-electron chi connectivity index (χ1n) is 3.91. The third-order valence-corrected chi connectivity index (χ3v) is 3.13. The minimum Gasteiger partial charge on any atom is -0.150 e. The third kappa shape index (κ3) is 0.957. The molecule has 2 heteroatoms. The summed E-state index contributed by atoms with van der Waals surface area (Å²) in [6, 6.07) is 0.0579. The molecule has 0 N–H and O–H groups in total. The lowest BCUT2D eigenvalue weighted by molar-refractivity contribution is 0.250. The summed E-state index contributed by atoms with van der Waals surface area (Å²) >= 11 is 0. The summed E-state index contributed by atoms with van der Waals surface area (Å²) in [6.45, 7) is 6.47. The fourth-order valence-corrected chi connectivity index (χ4v) is 1.67. The van der Waals surface area contributed by atoms with Crippen LogP contribution < -0.4 is 0 Å². The zero-order valence-corrected chi connectivity index (χ0v) is 6.92. The van der Waals surface area contributed by atoms with E-state index in [1.54, 1.807) is 0 Å². The van der Waals surface area contributed by atoms with Gasteiger partial charge in [-0.15, -0.1) is 0 Å². The normalized spacial score (nSPS) is 37.9. The van der Waals surface area contributed by atoms with Crippen molar-refractivity contribution in [3.8, 4) is 0 Å². The van der Waals surface area contributed by atoms with E-state index in [1.165, 1.54) is 0 Å². The molecule has 2 nitrogen and oxygen atoms in total. The van der Waals surface area contributed by atoms with Crippen molar-refractivity contribution in [2.24, 2.45) is 16.5 Å². The molecule has 1 aliphatic carbocycles. The van der Waals surface area contributed by atoms with Gasteiger partial charge in [-0.25, -0.2) is 0 Å². The third-order valence-electron chi connectivity index (χ3n) is 3.13. The van der Waals surface area contributed by atoms with Crippen LogP contribution in [0.3, 0.4) is 0 Å². The fourth-order valence-electron chi connectivity index (χ4n) is 1.67. The average Bonchev–Trinajstić information content (AvgIpc) is 2.10. The SMILES string of the molecule is CC1CCC(N=O)C1(C)C. The van der Waals surface area contributed by atoms with Gasteiger partial charge in [-0.1, -0.05) is 25.9 Å². The van der Waals surface area contributed by atoms with Crippen molar-refractivity contribution in [1.82, 2.24) is 0 Å². The van der Waals surface area contributed by atoms with E-state index in [4.69, 9.17) is 0 Å². The molecule has 0 aromatic rings. The zero-order valence-electron chi connectivity index (χ0n) is 6.92. The van der Waals surface area contributed by atoms with Crippen LogP contribution in [0.5, 0.6) is 0 Å². The van der Waals surface area contributed by atoms with E-state index >= 15 is 0 Å². The molecule has 0 heterocycles. The highest BCUT2D eigenvalue weighted by Gasteiger charge is 2.41. The zero-order chi connectivity index (χ0) is 7.78. The van der Waals surface area contributed by atoms with Crippen molar-refractivity contribution >= 4 is 0 Å². The summed E-state index contributed by atoms with van der Waals surface area (Å²) in [5.74, 6) is 0.648. The molecule has 0 bridgehead atoms. The van der Waals surface area contributed by atoms with E-state index < -0.39 is 0 Å². The first-order valence-corrected chi connectivity index (χ1v) is 3.91. The number of nitroso groups, excluding NO2 is 1. The summed E-state index contributed by atoms with van der Waals surface area (Å²) in [7, 11) is 0. The van der Waals surface area contributed by atoms with Crippen molar-refractivity contribution in [2.45, 2.75) is 39.7 Å². The van der Waals surface area contributed by atoms with Gasteiger partial charge in [-0.2, -0.15) is 4.91 Å². The lowest BCUT2D eigenvalue weighted by Crippen LogP contribution is -2.25. The molecule has 0 saturated heterocycles. The Morgan fingerprint density at radius 2 is 2.00 bits per heavy atom. The Labute approximate surface area is 62.0 Å². The largest absolute Gasteiger partial charge is 0.150 e. The van der Waals surface area contributed by atoms with Crippen molar-refractivity contribution in [1.29, 1.82) is 0 Å². The van der Waals surface area contributed by atoms with E-state index in [-0.39, 0.29) is 11.5 Å². The summed E-state index contributed by atoms with van der Waals surface area (Å²) in [5.41, 5.74) is 0.141. The summed E-state index contributed by atoms with van der Waals surface area (Å²) in [4.78, 5) is 10.3. The molecule has 1 aliphatic rings.